The number of likely N-dealkylation sites (tertiary alicyclic amines) is 1. The molecule has 1 aliphatic rings. The summed E-state index contributed by atoms with van der Waals surface area (Å²) in [5.41, 5.74) is 13.2. The standard InChI is InChI=1S/C14H21N3O2/c1-19-13-3-2-10(7-15)6-12(13)9-17-5-4-11(8-17)14(16)18/h2-3,6,11H,4-5,7-9,15H2,1H3,(H2,16,18). The van der Waals surface area contributed by atoms with Gasteiger partial charge in [-0.15, -0.1) is 0 Å². The Morgan fingerprint density at radius 2 is 2.32 bits per heavy atom. The van der Waals surface area contributed by atoms with Crippen molar-refractivity contribution in [2.75, 3.05) is 20.2 Å². The number of rotatable bonds is 5. The summed E-state index contributed by atoms with van der Waals surface area (Å²) < 4.78 is 5.37. The number of hydrogen-bond acceptors (Lipinski definition) is 4. The number of carbonyl (C=O) groups is 1. The van der Waals surface area contributed by atoms with Crippen LogP contribution in [-0.4, -0.2) is 31.0 Å². The van der Waals surface area contributed by atoms with Crippen LogP contribution in [0.3, 0.4) is 0 Å². The molecule has 1 aromatic carbocycles. The highest BCUT2D eigenvalue weighted by Gasteiger charge is 2.26. The maximum atomic E-state index is 11.2. The Kier molecular flexibility index (Phi) is 4.39. The molecule has 0 radical (unpaired) electrons. The minimum Gasteiger partial charge on any atom is -0.496 e. The van der Waals surface area contributed by atoms with Crippen molar-refractivity contribution in [3.8, 4) is 5.75 Å². The van der Waals surface area contributed by atoms with Crippen molar-refractivity contribution < 1.29 is 9.53 Å². The fourth-order valence-electron chi connectivity index (χ4n) is 2.53. The number of benzene rings is 1. The Bertz CT molecular complexity index is 462. The molecule has 4 N–H and O–H groups in total. The van der Waals surface area contributed by atoms with Gasteiger partial charge in [-0.05, 0) is 30.7 Å². The van der Waals surface area contributed by atoms with E-state index in [0.29, 0.717) is 6.54 Å². The molecule has 1 unspecified atom stereocenters. The van der Waals surface area contributed by atoms with E-state index in [2.05, 4.69) is 11.0 Å². The Morgan fingerprint density at radius 3 is 2.89 bits per heavy atom. The minimum atomic E-state index is -0.204. The Morgan fingerprint density at radius 1 is 1.53 bits per heavy atom. The Balaban J connectivity index is 2.08. The third kappa shape index (κ3) is 3.24. The van der Waals surface area contributed by atoms with E-state index in [0.717, 1.165) is 42.9 Å². The van der Waals surface area contributed by atoms with Gasteiger partial charge in [-0.3, -0.25) is 9.69 Å². The van der Waals surface area contributed by atoms with Crippen molar-refractivity contribution in [3.63, 3.8) is 0 Å². The van der Waals surface area contributed by atoms with E-state index >= 15 is 0 Å². The molecule has 0 aliphatic carbocycles. The minimum absolute atomic E-state index is 0.0244. The largest absolute Gasteiger partial charge is 0.496 e. The summed E-state index contributed by atoms with van der Waals surface area (Å²) in [4.78, 5) is 13.4. The van der Waals surface area contributed by atoms with Gasteiger partial charge in [0.15, 0.2) is 0 Å². The van der Waals surface area contributed by atoms with Crippen LogP contribution in [0.4, 0.5) is 0 Å². The van der Waals surface area contributed by atoms with Gasteiger partial charge in [-0.25, -0.2) is 0 Å². The van der Waals surface area contributed by atoms with E-state index < -0.39 is 0 Å². The zero-order valence-electron chi connectivity index (χ0n) is 11.3. The summed E-state index contributed by atoms with van der Waals surface area (Å²) in [6, 6.07) is 5.98. The number of nitrogens with two attached hydrogens (primary N) is 2. The first-order valence-corrected chi connectivity index (χ1v) is 6.51. The molecule has 19 heavy (non-hydrogen) atoms. The average molecular weight is 263 g/mol. The van der Waals surface area contributed by atoms with Crippen LogP contribution < -0.4 is 16.2 Å². The second kappa shape index (κ2) is 6.04. The molecule has 0 saturated carbocycles. The van der Waals surface area contributed by atoms with Crippen LogP contribution in [0.2, 0.25) is 0 Å². The number of amides is 1. The lowest BCUT2D eigenvalue weighted by molar-refractivity contribution is -0.121. The third-order valence-corrected chi connectivity index (χ3v) is 3.65. The zero-order valence-corrected chi connectivity index (χ0v) is 11.3. The third-order valence-electron chi connectivity index (χ3n) is 3.65. The molecule has 0 bridgehead atoms. The lowest BCUT2D eigenvalue weighted by Gasteiger charge is -2.18. The van der Waals surface area contributed by atoms with Gasteiger partial charge in [0.1, 0.15) is 5.75 Å². The Labute approximate surface area is 113 Å². The molecule has 0 aromatic heterocycles. The van der Waals surface area contributed by atoms with Crippen molar-refractivity contribution in [2.24, 2.45) is 17.4 Å². The predicted octanol–water partition coefficient (Wildman–Crippen LogP) is 0.461. The molecule has 5 heteroatoms. The van der Waals surface area contributed by atoms with E-state index in [9.17, 15) is 4.79 Å². The average Bonchev–Trinajstić information content (AvgIpc) is 2.87. The van der Waals surface area contributed by atoms with Crippen molar-refractivity contribution in [1.82, 2.24) is 4.90 Å². The Hall–Kier alpha value is -1.59. The second-order valence-corrected chi connectivity index (χ2v) is 4.97. The smallest absolute Gasteiger partial charge is 0.221 e. The lowest BCUT2D eigenvalue weighted by Crippen LogP contribution is -2.27. The van der Waals surface area contributed by atoms with Crippen LogP contribution in [0.25, 0.3) is 0 Å². The molecule has 1 heterocycles. The quantitative estimate of drug-likeness (QED) is 0.808. The molecule has 1 saturated heterocycles. The maximum Gasteiger partial charge on any atom is 0.221 e. The maximum absolute atomic E-state index is 11.2. The summed E-state index contributed by atoms with van der Waals surface area (Å²) >= 11 is 0. The molecule has 1 atom stereocenters. The summed E-state index contributed by atoms with van der Waals surface area (Å²) in [6.45, 7) is 2.90. The van der Waals surface area contributed by atoms with Gasteiger partial charge in [-0.2, -0.15) is 0 Å². The number of nitrogens with zero attached hydrogens (tertiary/aromatic N) is 1. The molecule has 1 aliphatic heterocycles. The number of ether oxygens (including phenoxy) is 1. The second-order valence-electron chi connectivity index (χ2n) is 4.97. The normalized spacial score (nSPS) is 19.6. The predicted molar refractivity (Wildman–Crippen MR) is 73.5 cm³/mol. The molecule has 2 rings (SSSR count). The van der Waals surface area contributed by atoms with Crippen LogP contribution >= 0.6 is 0 Å². The highest BCUT2D eigenvalue weighted by molar-refractivity contribution is 5.77. The van der Waals surface area contributed by atoms with E-state index in [1.54, 1.807) is 7.11 Å². The van der Waals surface area contributed by atoms with Gasteiger partial charge in [0, 0.05) is 25.2 Å². The molecule has 104 valence electrons. The van der Waals surface area contributed by atoms with Gasteiger partial charge in [0.05, 0.1) is 13.0 Å². The molecule has 0 spiro atoms. The molecular weight excluding hydrogens is 242 g/mol. The summed E-state index contributed by atoms with van der Waals surface area (Å²) in [5.74, 6) is 0.633. The van der Waals surface area contributed by atoms with Crippen LogP contribution in [0.5, 0.6) is 5.75 Å². The fourth-order valence-corrected chi connectivity index (χ4v) is 2.53. The van der Waals surface area contributed by atoms with Gasteiger partial charge < -0.3 is 16.2 Å². The number of hydrogen-bond donors (Lipinski definition) is 2. The summed E-state index contributed by atoms with van der Waals surface area (Å²) in [5, 5.41) is 0. The van der Waals surface area contributed by atoms with Crippen molar-refractivity contribution in [3.05, 3.63) is 29.3 Å². The zero-order chi connectivity index (χ0) is 13.8. The molecule has 1 aromatic rings. The SMILES string of the molecule is COc1ccc(CN)cc1CN1CCC(C(N)=O)C1. The highest BCUT2D eigenvalue weighted by Crippen LogP contribution is 2.24. The number of carbonyl (C=O) groups excluding carboxylic acids is 1. The van der Waals surface area contributed by atoms with Gasteiger partial charge in [0.2, 0.25) is 5.91 Å². The first-order chi connectivity index (χ1) is 9.13. The fraction of sp³-hybridized carbons (Fsp3) is 0.500. The van der Waals surface area contributed by atoms with E-state index in [4.69, 9.17) is 16.2 Å². The van der Waals surface area contributed by atoms with Gasteiger partial charge in [0.25, 0.3) is 0 Å². The van der Waals surface area contributed by atoms with Crippen LogP contribution in [-0.2, 0) is 17.9 Å². The van der Waals surface area contributed by atoms with E-state index in [1.165, 1.54) is 0 Å². The van der Waals surface area contributed by atoms with Crippen LogP contribution in [0, 0.1) is 5.92 Å². The van der Waals surface area contributed by atoms with E-state index in [-0.39, 0.29) is 11.8 Å². The first-order valence-electron chi connectivity index (χ1n) is 6.51. The molecule has 1 fully saturated rings. The van der Waals surface area contributed by atoms with Crippen molar-refractivity contribution >= 4 is 5.91 Å². The van der Waals surface area contributed by atoms with Crippen molar-refractivity contribution in [1.29, 1.82) is 0 Å². The molecule has 1 amide bonds. The number of primary amides is 1. The topological polar surface area (TPSA) is 81.6 Å². The van der Waals surface area contributed by atoms with E-state index in [1.807, 2.05) is 12.1 Å². The van der Waals surface area contributed by atoms with Crippen LogP contribution in [0.1, 0.15) is 17.5 Å². The molecular formula is C14H21N3O2. The molecule has 5 nitrogen and oxygen atoms in total. The van der Waals surface area contributed by atoms with Crippen molar-refractivity contribution in [2.45, 2.75) is 19.5 Å². The van der Waals surface area contributed by atoms with Crippen LogP contribution in [0.15, 0.2) is 18.2 Å². The highest BCUT2D eigenvalue weighted by atomic mass is 16.5. The lowest BCUT2D eigenvalue weighted by atomic mass is 10.1. The monoisotopic (exact) mass is 263 g/mol. The number of methoxy groups -OCH3 is 1. The van der Waals surface area contributed by atoms with Gasteiger partial charge >= 0.3 is 0 Å². The first kappa shape index (κ1) is 13.8. The summed E-state index contributed by atoms with van der Waals surface area (Å²) in [6.07, 6.45) is 0.841. The summed E-state index contributed by atoms with van der Waals surface area (Å²) in [7, 11) is 1.66. The van der Waals surface area contributed by atoms with Gasteiger partial charge in [-0.1, -0.05) is 6.07 Å².